The first-order valence-electron chi connectivity index (χ1n) is 21.9. The van der Waals surface area contributed by atoms with Crippen LogP contribution in [0.3, 0.4) is 0 Å². The topological polar surface area (TPSA) is 208 Å². The lowest BCUT2D eigenvalue weighted by Gasteiger charge is -2.34. The summed E-state index contributed by atoms with van der Waals surface area (Å²) in [4.78, 5) is 70.6. The molecular weight excluding hydrogens is 1040 g/mol. The Morgan fingerprint density at radius 2 is 1.08 bits per heavy atom. The molecule has 4 N–H and O–H groups in total. The molecule has 0 unspecified atom stereocenters. The van der Waals surface area contributed by atoms with Crippen molar-refractivity contribution in [1.82, 2.24) is 30.4 Å². The van der Waals surface area contributed by atoms with Gasteiger partial charge in [-0.15, -0.1) is 22.7 Å². The van der Waals surface area contributed by atoms with Gasteiger partial charge in [0.05, 0.1) is 37.4 Å². The van der Waals surface area contributed by atoms with Gasteiger partial charge in [-0.05, 0) is 49.9 Å². The lowest BCUT2D eigenvalue weighted by atomic mass is 9.85. The number of amidine groups is 2. The van der Waals surface area contributed by atoms with E-state index in [9.17, 15) is 55.7 Å². The second-order valence-corrected chi connectivity index (χ2v) is 20.3. The normalized spacial score (nSPS) is 27.1. The van der Waals surface area contributed by atoms with Gasteiger partial charge in [-0.25, -0.2) is 45.9 Å². The molecule has 72 heavy (non-hydrogen) atoms. The van der Waals surface area contributed by atoms with Crippen LogP contribution < -0.4 is 10.6 Å². The molecule has 4 bridgehead atoms. The van der Waals surface area contributed by atoms with Crippen molar-refractivity contribution in [2.75, 3.05) is 27.3 Å². The molecule has 8 heterocycles. The summed E-state index contributed by atoms with van der Waals surface area (Å²) in [7, 11) is 2.31. The standard InChI is InChI=1S/2C23H20ClF3N4O4S/c2*1-35-20(32)16-14(9-31-15-4-5-22(31,21(33)34)10-23(15,26)27)29-18(19-28-6-7-36-19)30-17(16)12-3-2-11(25)8-13(12)24/h2*2-3,6-8,15,17H,4-5,9-10H2,1H3,(H,29,30)(H,33,34)/t15-,17+,22+;15-,17-,22+/m10/s1. The monoisotopic (exact) mass is 1080 g/mol. The van der Waals surface area contributed by atoms with Gasteiger partial charge >= 0.3 is 23.9 Å². The van der Waals surface area contributed by atoms with Gasteiger partial charge in [-0.2, -0.15) is 0 Å². The number of aromatic nitrogens is 2. The van der Waals surface area contributed by atoms with Crippen LogP contribution in [-0.4, -0.2) is 128 Å². The van der Waals surface area contributed by atoms with Crippen molar-refractivity contribution in [3.05, 3.63) is 125 Å². The number of methoxy groups -OCH3 is 2. The van der Waals surface area contributed by atoms with Gasteiger partial charge in [0.1, 0.15) is 34.8 Å². The van der Waals surface area contributed by atoms with E-state index in [0.717, 1.165) is 38.5 Å². The minimum atomic E-state index is -3.21. The number of thiazole rings is 2. The number of aliphatic carboxylic acids is 2. The van der Waals surface area contributed by atoms with E-state index in [4.69, 9.17) is 32.7 Å². The third-order valence-corrected chi connectivity index (χ3v) is 16.1. The molecule has 6 aliphatic heterocycles. The highest BCUT2D eigenvalue weighted by atomic mass is 35.5. The van der Waals surface area contributed by atoms with Gasteiger partial charge in [-0.3, -0.25) is 29.4 Å². The lowest BCUT2D eigenvalue weighted by Crippen LogP contribution is -2.50. The van der Waals surface area contributed by atoms with Crippen molar-refractivity contribution in [3.63, 3.8) is 0 Å². The molecule has 10 rings (SSSR count). The van der Waals surface area contributed by atoms with Crippen LogP contribution in [0.25, 0.3) is 0 Å². The lowest BCUT2D eigenvalue weighted by molar-refractivity contribution is -0.150. The molecule has 380 valence electrons. The first-order chi connectivity index (χ1) is 34.1. The Morgan fingerprint density at radius 1 is 0.694 bits per heavy atom. The number of benzene rings is 2. The number of hydrogen-bond acceptors (Lipinski definition) is 16. The number of esters is 2. The Hall–Kier alpha value is -5.92. The second kappa shape index (κ2) is 19.2. The quantitative estimate of drug-likeness (QED) is 0.0798. The third kappa shape index (κ3) is 8.81. The van der Waals surface area contributed by atoms with E-state index in [-0.39, 0.29) is 94.2 Å². The summed E-state index contributed by atoms with van der Waals surface area (Å²) in [6, 6.07) is 2.46. The number of carboxylic acids is 2. The predicted octanol–water partition coefficient (Wildman–Crippen LogP) is 7.56. The smallest absolute Gasteiger partial charge is 0.338 e. The van der Waals surface area contributed by atoms with Gasteiger partial charge in [0.2, 0.25) is 0 Å². The maximum Gasteiger partial charge on any atom is 0.338 e. The zero-order chi connectivity index (χ0) is 51.7. The van der Waals surface area contributed by atoms with Crippen LogP contribution in [0.4, 0.5) is 26.3 Å². The van der Waals surface area contributed by atoms with E-state index in [2.05, 4.69) is 30.6 Å². The average molecular weight is 1080 g/mol. The van der Waals surface area contributed by atoms with E-state index in [0.29, 0.717) is 10.0 Å². The highest BCUT2D eigenvalue weighted by Crippen LogP contribution is 2.56. The number of carbonyl (C=O) groups excluding carboxylic acids is 2. The molecule has 0 radical (unpaired) electrons. The number of aliphatic imine (C=N–C) groups is 2. The zero-order valence-electron chi connectivity index (χ0n) is 37.6. The Bertz CT molecular complexity index is 2800. The van der Waals surface area contributed by atoms with E-state index >= 15 is 0 Å². The minimum Gasteiger partial charge on any atom is -0.480 e. The Balaban J connectivity index is 0.000000178. The number of ether oxygens (including phenoxy) is 2. The molecule has 4 fully saturated rings. The van der Waals surface area contributed by atoms with Crippen LogP contribution in [-0.2, 0) is 28.7 Å². The van der Waals surface area contributed by atoms with Gasteiger partial charge in [0.25, 0.3) is 11.8 Å². The van der Waals surface area contributed by atoms with Gasteiger partial charge in [-0.1, -0.05) is 35.3 Å². The van der Waals surface area contributed by atoms with Crippen molar-refractivity contribution in [2.45, 2.75) is 85.6 Å². The molecule has 2 aromatic carbocycles. The Labute approximate surface area is 423 Å². The largest absolute Gasteiger partial charge is 0.480 e. The molecular formula is C46H40Cl2F6N8O8S2. The molecule has 6 atom stereocenters. The SMILES string of the molecule is COC(=O)C1=C(CN2[C@@H]3CC[C@@]2(C(=O)O)CC3(F)F)NC(c2nccs2)=N[C@H]1c1ccc(F)cc1Cl.COC(=O)C1=C(CN2[C@H]3CC[C@]2(C(=O)O)CC3(F)F)NC(c2nccs2)=N[C@H]1c1ccc(F)cc1Cl. The second-order valence-electron chi connectivity index (χ2n) is 17.7. The average Bonchev–Trinajstić information content (AvgIpc) is 4.20. The fourth-order valence-electron chi connectivity index (χ4n) is 10.6. The first-order valence-corrected chi connectivity index (χ1v) is 24.4. The van der Waals surface area contributed by atoms with Crippen molar-refractivity contribution >= 4 is 81.4 Å². The number of carbonyl (C=O) groups is 4. The highest BCUT2D eigenvalue weighted by molar-refractivity contribution is 7.12. The molecule has 4 saturated heterocycles. The number of nitrogens with one attached hydrogen (secondary N) is 2. The molecule has 0 aliphatic carbocycles. The fraction of sp³-hybridized carbons (Fsp3) is 0.391. The third-order valence-electron chi connectivity index (χ3n) is 13.8. The molecule has 2 aromatic heterocycles. The van der Waals surface area contributed by atoms with E-state index in [1.54, 1.807) is 23.2 Å². The van der Waals surface area contributed by atoms with Crippen LogP contribution in [0.5, 0.6) is 0 Å². The summed E-state index contributed by atoms with van der Waals surface area (Å²) >= 11 is 15.1. The number of carboxylic acid groups (broad SMARTS) is 2. The summed E-state index contributed by atoms with van der Waals surface area (Å²) in [6.07, 6.45) is 1.58. The van der Waals surface area contributed by atoms with E-state index < -0.39 is 95.4 Å². The van der Waals surface area contributed by atoms with Crippen LogP contribution in [0.1, 0.15) is 71.8 Å². The summed E-state index contributed by atoms with van der Waals surface area (Å²) in [5.41, 5.74) is -2.77. The Morgan fingerprint density at radius 3 is 1.39 bits per heavy atom. The summed E-state index contributed by atoms with van der Waals surface area (Å²) in [5, 5.41) is 30.2. The number of nitrogens with zero attached hydrogens (tertiary/aromatic N) is 6. The van der Waals surface area contributed by atoms with Crippen molar-refractivity contribution in [1.29, 1.82) is 0 Å². The maximum atomic E-state index is 14.8. The van der Waals surface area contributed by atoms with Crippen molar-refractivity contribution in [3.8, 4) is 0 Å². The van der Waals surface area contributed by atoms with E-state index in [1.807, 2.05) is 0 Å². The number of fused-ring (bicyclic) bond motifs is 4. The molecule has 4 aromatic rings. The van der Waals surface area contributed by atoms with Crippen molar-refractivity contribution < 1.29 is 65.2 Å². The number of halogens is 8. The van der Waals surface area contributed by atoms with Gasteiger partial charge in [0.15, 0.2) is 21.7 Å². The molecule has 0 spiro atoms. The molecule has 26 heteroatoms. The zero-order valence-corrected chi connectivity index (χ0v) is 40.8. The van der Waals surface area contributed by atoms with Gasteiger partial charge in [0, 0.05) is 81.7 Å². The molecule has 16 nitrogen and oxygen atoms in total. The summed E-state index contributed by atoms with van der Waals surface area (Å²) in [6.45, 7) is -0.618. The number of alkyl halides is 4. The highest BCUT2D eigenvalue weighted by Gasteiger charge is 2.70. The minimum absolute atomic E-state index is 0.000302. The predicted molar refractivity (Wildman–Crippen MR) is 249 cm³/mol. The summed E-state index contributed by atoms with van der Waals surface area (Å²) < 4.78 is 96.7. The van der Waals surface area contributed by atoms with Crippen LogP contribution in [0, 0.1) is 11.6 Å². The number of hydrogen-bond donors (Lipinski definition) is 4. The summed E-state index contributed by atoms with van der Waals surface area (Å²) in [5.74, 6) is -11.4. The first kappa shape index (κ1) is 51.0. The van der Waals surface area contributed by atoms with Gasteiger partial charge < -0.3 is 30.3 Å². The fourth-order valence-corrected chi connectivity index (χ4v) is 12.3. The molecule has 6 aliphatic rings. The Kier molecular flexibility index (Phi) is 13.6. The maximum absolute atomic E-state index is 14.8. The van der Waals surface area contributed by atoms with E-state index in [1.165, 1.54) is 44.6 Å². The van der Waals surface area contributed by atoms with Crippen LogP contribution in [0.2, 0.25) is 10.0 Å². The van der Waals surface area contributed by atoms with Crippen LogP contribution >= 0.6 is 45.9 Å². The molecule has 0 saturated carbocycles. The van der Waals surface area contributed by atoms with Crippen LogP contribution in [0.15, 0.2) is 92.1 Å². The number of rotatable bonds is 12. The van der Waals surface area contributed by atoms with Crippen molar-refractivity contribution in [2.24, 2.45) is 9.98 Å². The molecule has 0 amide bonds.